The minimum absolute atomic E-state index is 0.0342. The number of carbonyl (C=O) groups is 2. The van der Waals surface area contributed by atoms with E-state index in [2.05, 4.69) is 11.0 Å². The van der Waals surface area contributed by atoms with Crippen LogP contribution in [0.15, 0.2) is 21.7 Å². The van der Waals surface area contributed by atoms with Crippen molar-refractivity contribution in [2.45, 2.75) is 46.4 Å². The van der Waals surface area contributed by atoms with E-state index in [9.17, 15) is 24.4 Å². The SMILES string of the molecule is CCn1c2c(c(=O)n(COC(=O)CCN3CCOCC3)c1=O)C(C)c1c(C)cc(C#N)cc1C2=O. The van der Waals surface area contributed by atoms with Gasteiger partial charge in [0.1, 0.15) is 5.69 Å². The van der Waals surface area contributed by atoms with Gasteiger partial charge in [0.2, 0.25) is 5.78 Å². The van der Waals surface area contributed by atoms with Gasteiger partial charge in [0.05, 0.1) is 36.8 Å². The molecule has 0 radical (unpaired) electrons. The Bertz CT molecular complexity index is 1340. The number of fused-ring (bicyclic) bond motifs is 2. The first-order valence-electron chi connectivity index (χ1n) is 11.7. The first kappa shape index (κ1) is 24.6. The number of nitriles is 1. The second-order valence-corrected chi connectivity index (χ2v) is 8.79. The number of aromatic nitrogens is 2. The van der Waals surface area contributed by atoms with Gasteiger partial charge in [0.25, 0.3) is 5.56 Å². The molecule has 0 N–H and O–H groups in total. The Morgan fingerprint density at radius 3 is 2.54 bits per heavy atom. The first-order chi connectivity index (χ1) is 16.8. The number of nitrogens with zero attached hydrogens (tertiary/aromatic N) is 4. The van der Waals surface area contributed by atoms with E-state index >= 15 is 0 Å². The molecule has 184 valence electrons. The van der Waals surface area contributed by atoms with Crippen LogP contribution in [0, 0.1) is 18.3 Å². The fourth-order valence-electron chi connectivity index (χ4n) is 4.94. The predicted octanol–water partition coefficient (Wildman–Crippen LogP) is 1.13. The van der Waals surface area contributed by atoms with E-state index in [0.29, 0.717) is 36.4 Å². The third-order valence-electron chi connectivity index (χ3n) is 6.71. The molecule has 2 heterocycles. The highest BCUT2D eigenvalue weighted by Crippen LogP contribution is 2.36. The third-order valence-corrected chi connectivity index (χ3v) is 6.71. The fraction of sp³-hybridized carbons (Fsp3) is 0.480. The van der Waals surface area contributed by atoms with Crippen molar-refractivity contribution in [1.82, 2.24) is 14.0 Å². The maximum Gasteiger partial charge on any atom is 0.334 e. The van der Waals surface area contributed by atoms with E-state index < -0.39 is 35.7 Å². The van der Waals surface area contributed by atoms with E-state index in [0.717, 1.165) is 23.2 Å². The van der Waals surface area contributed by atoms with Crippen molar-refractivity contribution in [1.29, 1.82) is 5.26 Å². The summed E-state index contributed by atoms with van der Waals surface area (Å²) in [6.45, 7) is 8.14. The summed E-state index contributed by atoms with van der Waals surface area (Å²) in [6, 6.07) is 5.24. The van der Waals surface area contributed by atoms with Crippen LogP contribution in [-0.2, 0) is 27.5 Å². The van der Waals surface area contributed by atoms with Gasteiger partial charge in [0.15, 0.2) is 6.73 Å². The molecular formula is C25H28N4O6. The summed E-state index contributed by atoms with van der Waals surface area (Å²) in [5, 5.41) is 9.33. The summed E-state index contributed by atoms with van der Waals surface area (Å²) in [6.07, 6.45) is 0.129. The molecule has 0 spiro atoms. The standard InChI is InChI=1S/C25H28N4O6/c1-4-28-22-21(16(3)20-15(2)11-17(13-26)12-18(20)23(22)31)24(32)29(25(28)33)14-35-19(30)5-6-27-7-9-34-10-8-27/h11-12,16H,4-10,14H2,1-3H3. The lowest BCUT2D eigenvalue weighted by atomic mass is 9.78. The van der Waals surface area contributed by atoms with E-state index in [1.54, 1.807) is 26.8 Å². The maximum absolute atomic E-state index is 13.5. The molecule has 4 rings (SSSR count). The molecule has 35 heavy (non-hydrogen) atoms. The zero-order chi connectivity index (χ0) is 25.3. The van der Waals surface area contributed by atoms with Gasteiger partial charge in [-0.25, -0.2) is 9.36 Å². The summed E-state index contributed by atoms with van der Waals surface area (Å²) >= 11 is 0. The number of hydrogen-bond acceptors (Lipinski definition) is 8. The topological polar surface area (TPSA) is 124 Å². The smallest absolute Gasteiger partial charge is 0.334 e. The van der Waals surface area contributed by atoms with Gasteiger partial charge in [-0.2, -0.15) is 5.26 Å². The number of ketones is 1. The number of morpholine rings is 1. The van der Waals surface area contributed by atoms with E-state index in [4.69, 9.17) is 9.47 Å². The largest absolute Gasteiger partial charge is 0.444 e. The lowest BCUT2D eigenvalue weighted by Gasteiger charge is -2.28. The van der Waals surface area contributed by atoms with Gasteiger partial charge >= 0.3 is 11.7 Å². The number of carbonyl (C=O) groups excluding carboxylic acids is 2. The van der Waals surface area contributed by atoms with Crippen LogP contribution in [0.5, 0.6) is 0 Å². The normalized spacial score (nSPS) is 17.4. The highest BCUT2D eigenvalue weighted by Gasteiger charge is 2.36. The highest BCUT2D eigenvalue weighted by atomic mass is 16.5. The number of ether oxygens (including phenoxy) is 2. The molecule has 2 aromatic rings. The molecule has 2 aliphatic rings. The van der Waals surface area contributed by atoms with Crippen LogP contribution < -0.4 is 11.2 Å². The second kappa shape index (κ2) is 9.98. The van der Waals surface area contributed by atoms with Gasteiger partial charge in [-0.05, 0) is 37.1 Å². The minimum Gasteiger partial charge on any atom is -0.444 e. The second-order valence-electron chi connectivity index (χ2n) is 8.79. The molecule has 1 aromatic heterocycles. The number of aryl methyl sites for hydroxylation is 1. The average molecular weight is 481 g/mol. The first-order valence-corrected chi connectivity index (χ1v) is 11.7. The van der Waals surface area contributed by atoms with Crippen molar-refractivity contribution in [3.8, 4) is 6.07 Å². The van der Waals surface area contributed by atoms with Crippen LogP contribution >= 0.6 is 0 Å². The fourth-order valence-corrected chi connectivity index (χ4v) is 4.94. The Morgan fingerprint density at radius 1 is 1.17 bits per heavy atom. The number of hydrogen-bond donors (Lipinski definition) is 0. The average Bonchev–Trinajstić information content (AvgIpc) is 2.85. The number of rotatable bonds is 6. The molecule has 10 nitrogen and oxygen atoms in total. The van der Waals surface area contributed by atoms with Crippen molar-refractivity contribution >= 4 is 11.8 Å². The minimum atomic E-state index is -0.714. The van der Waals surface area contributed by atoms with Crippen LogP contribution in [0.25, 0.3) is 0 Å². The Kier molecular flexibility index (Phi) is 7.00. The third kappa shape index (κ3) is 4.45. The molecule has 0 amide bonds. The number of benzene rings is 1. The van der Waals surface area contributed by atoms with Crippen molar-refractivity contribution in [3.05, 3.63) is 66.5 Å². The van der Waals surface area contributed by atoms with E-state index in [-0.39, 0.29) is 24.2 Å². The lowest BCUT2D eigenvalue weighted by molar-refractivity contribution is -0.148. The summed E-state index contributed by atoms with van der Waals surface area (Å²) in [5.74, 6) is -1.46. The predicted molar refractivity (Wildman–Crippen MR) is 125 cm³/mol. The Balaban J connectivity index is 1.66. The van der Waals surface area contributed by atoms with Crippen molar-refractivity contribution < 1.29 is 19.1 Å². The maximum atomic E-state index is 13.5. The van der Waals surface area contributed by atoms with Gasteiger partial charge < -0.3 is 9.47 Å². The molecule has 1 atom stereocenters. The highest BCUT2D eigenvalue weighted by molar-refractivity contribution is 6.12. The van der Waals surface area contributed by atoms with Gasteiger partial charge in [-0.1, -0.05) is 6.92 Å². The zero-order valence-corrected chi connectivity index (χ0v) is 20.1. The van der Waals surface area contributed by atoms with Crippen molar-refractivity contribution in [2.75, 3.05) is 32.8 Å². The van der Waals surface area contributed by atoms with Crippen LogP contribution in [-0.4, -0.2) is 58.6 Å². The summed E-state index contributed by atoms with van der Waals surface area (Å²) in [5.41, 5.74) is 0.922. The molecule has 1 aliphatic heterocycles. The molecular weight excluding hydrogens is 452 g/mol. The van der Waals surface area contributed by atoms with Crippen molar-refractivity contribution in [2.24, 2.45) is 0 Å². The molecule has 1 unspecified atom stereocenters. The molecule has 1 aliphatic carbocycles. The van der Waals surface area contributed by atoms with Crippen molar-refractivity contribution in [3.63, 3.8) is 0 Å². The lowest BCUT2D eigenvalue weighted by Crippen LogP contribution is -2.47. The van der Waals surface area contributed by atoms with Gasteiger partial charge in [-0.3, -0.25) is 23.9 Å². The Labute approximate surface area is 202 Å². The summed E-state index contributed by atoms with van der Waals surface area (Å²) < 4.78 is 12.7. The Morgan fingerprint density at radius 2 is 1.89 bits per heavy atom. The summed E-state index contributed by atoms with van der Waals surface area (Å²) in [7, 11) is 0. The Hall–Kier alpha value is -3.55. The summed E-state index contributed by atoms with van der Waals surface area (Å²) in [4.78, 5) is 54.5. The molecule has 1 aromatic carbocycles. The van der Waals surface area contributed by atoms with Crippen LogP contribution in [0.3, 0.4) is 0 Å². The van der Waals surface area contributed by atoms with E-state index in [1.807, 2.05) is 0 Å². The molecule has 0 saturated carbocycles. The van der Waals surface area contributed by atoms with Gasteiger partial charge in [-0.15, -0.1) is 0 Å². The molecule has 10 heteroatoms. The van der Waals surface area contributed by atoms with Gasteiger partial charge in [0, 0.05) is 37.7 Å². The van der Waals surface area contributed by atoms with Crippen LogP contribution in [0.1, 0.15) is 64.5 Å². The quantitative estimate of drug-likeness (QED) is 0.564. The van der Waals surface area contributed by atoms with Crippen LogP contribution in [0.2, 0.25) is 0 Å². The van der Waals surface area contributed by atoms with Crippen LogP contribution in [0.4, 0.5) is 0 Å². The monoisotopic (exact) mass is 480 g/mol. The van der Waals surface area contributed by atoms with E-state index in [1.165, 1.54) is 10.6 Å². The molecule has 1 fully saturated rings. The zero-order valence-electron chi connectivity index (χ0n) is 20.1. The molecule has 1 saturated heterocycles. The molecule has 0 bridgehead atoms. The number of esters is 1.